The number of benzene rings is 1. The SMILES string of the molecule is CC(C)N(C)c1ccc(C=O)c(Cl)c1. The minimum absolute atomic E-state index is 0.410. The Morgan fingerprint density at radius 2 is 2.07 bits per heavy atom. The molecule has 0 aliphatic rings. The molecule has 0 spiro atoms. The van der Waals surface area contributed by atoms with Crippen molar-refractivity contribution in [2.75, 3.05) is 11.9 Å². The zero-order valence-electron chi connectivity index (χ0n) is 8.62. The smallest absolute Gasteiger partial charge is 0.151 e. The highest BCUT2D eigenvalue weighted by atomic mass is 35.5. The highest BCUT2D eigenvalue weighted by molar-refractivity contribution is 6.33. The molecule has 0 aromatic heterocycles. The van der Waals surface area contributed by atoms with Crippen LogP contribution < -0.4 is 4.90 Å². The van der Waals surface area contributed by atoms with Crippen molar-refractivity contribution in [1.29, 1.82) is 0 Å². The lowest BCUT2D eigenvalue weighted by molar-refractivity contribution is 0.112. The topological polar surface area (TPSA) is 20.3 Å². The van der Waals surface area contributed by atoms with E-state index in [1.54, 1.807) is 6.07 Å². The predicted molar refractivity (Wildman–Crippen MR) is 60.4 cm³/mol. The molecule has 0 unspecified atom stereocenters. The second kappa shape index (κ2) is 4.47. The molecular formula is C11H14ClNO. The molecule has 0 saturated heterocycles. The monoisotopic (exact) mass is 211 g/mol. The highest BCUT2D eigenvalue weighted by Crippen LogP contribution is 2.22. The van der Waals surface area contributed by atoms with Gasteiger partial charge < -0.3 is 4.90 Å². The summed E-state index contributed by atoms with van der Waals surface area (Å²) < 4.78 is 0. The predicted octanol–water partition coefficient (Wildman–Crippen LogP) is 3.00. The Hall–Kier alpha value is -1.02. The van der Waals surface area contributed by atoms with Crippen LogP contribution in [0, 0.1) is 0 Å². The zero-order valence-corrected chi connectivity index (χ0v) is 9.38. The molecule has 14 heavy (non-hydrogen) atoms. The van der Waals surface area contributed by atoms with Crippen molar-refractivity contribution < 1.29 is 4.79 Å². The number of carbonyl (C=O) groups is 1. The van der Waals surface area contributed by atoms with Crippen molar-refractivity contribution in [3.8, 4) is 0 Å². The standard InChI is InChI=1S/C11H14ClNO/c1-8(2)13(3)10-5-4-9(7-14)11(12)6-10/h4-8H,1-3H3. The Morgan fingerprint density at radius 1 is 1.43 bits per heavy atom. The summed E-state index contributed by atoms with van der Waals surface area (Å²) in [5, 5.41) is 0.505. The molecule has 0 fully saturated rings. The van der Waals surface area contributed by atoms with Gasteiger partial charge in [0.15, 0.2) is 6.29 Å². The van der Waals surface area contributed by atoms with Crippen LogP contribution in [0.1, 0.15) is 24.2 Å². The molecule has 2 nitrogen and oxygen atoms in total. The summed E-state index contributed by atoms with van der Waals surface area (Å²) >= 11 is 5.92. The zero-order chi connectivity index (χ0) is 10.7. The van der Waals surface area contributed by atoms with Crippen molar-refractivity contribution >= 4 is 23.6 Å². The summed E-state index contributed by atoms with van der Waals surface area (Å²) in [5.74, 6) is 0. The van der Waals surface area contributed by atoms with Gasteiger partial charge in [0.1, 0.15) is 0 Å². The number of anilines is 1. The average Bonchev–Trinajstić information content (AvgIpc) is 2.16. The van der Waals surface area contributed by atoms with Gasteiger partial charge in [0.2, 0.25) is 0 Å². The Labute approximate surface area is 89.5 Å². The number of carbonyl (C=O) groups excluding carboxylic acids is 1. The van der Waals surface area contributed by atoms with Crippen LogP contribution in [0.15, 0.2) is 18.2 Å². The van der Waals surface area contributed by atoms with Gasteiger partial charge in [-0.25, -0.2) is 0 Å². The fourth-order valence-corrected chi connectivity index (χ4v) is 1.35. The number of halogens is 1. The van der Waals surface area contributed by atoms with Gasteiger partial charge in [0.05, 0.1) is 5.02 Å². The van der Waals surface area contributed by atoms with E-state index in [0.717, 1.165) is 12.0 Å². The van der Waals surface area contributed by atoms with E-state index in [4.69, 9.17) is 11.6 Å². The van der Waals surface area contributed by atoms with Crippen molar-refractivity contribution in [3.63, 3.8) is 0 Å². The quantitative estimate of drug-likeness (QED) is 0.717. The molecule has 0 aliphatic heterocycles. The molecule has 1 aromatic rings. The molecule has 1 aromatic carbocycles. The van der Waals surface area contributed by atoms with E-state index in [2.05, 4.69) is 18.7 Å². The molecule has 0 aliphatic carbocycles. The van der Waals surface area contributed by atoms with Gasteiger partial charge in [0.25, 0.3) is 0 Å². The van der Waals surface area contributed by atoms with E-state index in [0.29, 0.717) is 16.6 Å². The van der Waals surface area contributed by atoms with Gasteiger partial charge in [0, 0.05) is 24.3 Å². The summed E-state index contributed by atoms with van der Waals surface area (Å²) in [4.78, 5) is 12.6. The summed E-state index contributed by atoms with van der Waals surface area (Å²) in [6.45, 7) is 4.20. The van der Waals surface area contributed by atoms with Crippen LogP contribution >= 0.6 is 11.6 Å². The lowest BCUT2D eigenvalue weighted by Crippen LogP contribution is -2.25. The van der Waals surface area contributed by atoms with E-state index in [-0.39, 0.29) is 0 Å². The summed E-state index contributed by atoms with van der Waals surface area (Å²) in [7, 11) is 2.00. The van der Waals surface area contributed by atoms with Crippen LogP contribution in [0.2, 0.25) is 5.02 Å². The minimum atomic E-state index is 0.410. The van der Waals surface area contributed by atoms with Gasteiger partial charge >= 0.3 is 0 Å². The van der Waals surface area contributed by atoms with Gasteiger partial charge in [-0.15, -0.1) is 0 Å². The third-order valence-corrected chi connectivity index (χ3v) is 2.62. The maximum atomic E-state index is 10.5. The van der Waals surface area contributed by atoms with Crippen molar-refractivity contribution in [1.82, 2.24) is 0 Å². The molecule has 0 N–H and O–H groups in total. The Morgan fingerprint density at radius 3 is 2.50 bits per heavy atom. The third kappa shape index (κ3) is 2.26. The van der Waals surface area contributed by atoms with E-state index >= 15 is 0 Å². The maximum Gasteiger partial charge on any atom is 0.151 e. The first-order valence-electron chi connectivity index (χ1n) is 4.54. The molecule has 0 atom stereocenters. The van der Waals surface area contributed by atoms with E-state index in [1.165, 1.54) is 0 Å². The molecule has 1 rings (SSSR count). The van der Waals surface area contributed by atoms with Crippen LogP contribution in [0.3, 0.4) is 0 Å². The number of aldehydes is 1. The van der Waals surface area contributed by atoms with Gasteiger partial charge in [-0.05, 0) is 32.0 Å². The molecule has 0 radical (unpaired) electrons. The number of nitrogens with zero attached hydrogens (tertiary/aromatic N) is 1. The fraction of sp³-hybridized carbons (Fsp3) is 0.364. The van der Waals surface area contributed by atoms with E-state index < -0.39 is 0 Å². The molecule has 0 saturated carbocycles. The summed E-state index contributed by atoms with van der Waals surface area (Å²) in [6, 6.07) is 5.86. The van der Waals surface area contributed by atoms with Crippen LogP contribution in [0.4, 0.5) is 5.69 Å². The largest absolute Gasteiger partial charge is 0.372 e. The Balaban J connectivity index is 3.02. The van der Waals surface area contributed by atoms with Gasteiger partial charge in [-0.1, -0.05) is 11.6 Å². The van der Waals surface area contributed by atoms with Crippen LogP contribution in [-0.2, 0) is 0 Å². The van der Waals surface area contributed by atoms with Crippen LogP contribution in [-0.4, -0.2) is 19.4 Å². The summed E-state index contributed by atoms with van der Waals surface area (Å²) in [6.07, 6.45) is 0.765. The van der Waals surface area contributed by atoms with Crippen molar-refractivity contribution in [3.05, 3.63) is 28.8 Å². The molecule has 0 heterocycles. The van der Waals surface area contributed by atoms with Gasteiger partial charge in [-0.3, -0.25) is 4.79 Å². The Bertz CT molecular complexity index is 336. The normalized spacial score (nSPS) is 10.4. The molecule has 0 bridgehead atoms. The van der Waals surface area contributed by atoms with E-state index in [1.807, 2.05) is 19.2 Å². The molecule has 0 amide bonds. The van der Waals surface area contributed by atoms with Crippen molar-refractivity contribution in [2.45, 2.75) is 19.9 Å². The number of hydrogen-bond acceptors (Lipinski definition) is 2. The number of hydrogen-bond donors (Lipinski definition) is 0. The first-order chi connectivity index (χ1) is 6.56. The molecular weight excluding hydrogens is 198 g/mol. The van der Waals surface area contributed by atoms with Crippen LogP contribution in [0.5, 0.6) is 0 Å². The molecule has 76 valence electrons. The first kappa shape index (κ1) is 11.1. The van der Waals surface area contributed by atoms with Crippen LogP contribution in [0.25, 0.3) is 0 Å². The maximum absolute atomic E-state index is 10.5. The second-order valence-electron chi connectivity index (χ2n) is 3.53. The molecule has 3 heteroatoms. The Kier molecular flexibility index (Phi) is 3.53. The average molecular weight is 212 g/mol. The first-order valence-corrected chi connectivity index (χ1v) is 4.91. The fourth-order valence-electron chi connectivity index (χ4n) is 1.13. The number of rotatable bonds is 3. The lowest BCUT2D eigenvalue weighted by atomic mass is 10.2. The second-order valence-corrected chi connectivity index (χ2v) is 3.94. The van der Waals surface area contributed by atoms with Gasteiger partial charge in [-0.2, -0.15) is 0 Å². The summed E-state index contributed by atoms with van der Waals surface area (Å²) in [5.41, 5.74) is 1.56. The highest BCUT2D eigenvalue weighted by Gasteiger charge is 2.07. The lowest BCUT2D eigenvalue weighted by Gasteiger charge is -2.24. The van der Waals surface area contributed by atoms with E-state index in [9.17, 15) is 4.79 Å². The van der Waals surface area contributed by atoms with Crippen molar-refractivity contribution in [2.24, 2.45) is 0 Å². The third-order valence-electron chi connectivity index (χ3n) is 2.29. The minimum Gasteiger partial charge on any atom is -0.372 e.